The Morgan fingerprint density at radius 1 is 0.975 bits per heavy atom. The summed E-state index contributed by atoms with van der Waals surface area (Å²) < 4.78 is 27.9. The summed E-state index contributed by atoms with van der Waals surface area (Å²) in [7, 11) is 0. The molecule has 4 rings (SSSR count). The van der Waals surface area contributed by atoms with Gasteiger partial charge in [0.1, 0.15) is 17.7 Å². The number of amides is 3. The Bertz CT molecular complexity index is 1180. The minimum absolute atomic E-state index is 0.0435. The molecular formula is C31H39F2N3O4. The third kappa shape index (κ3) is 6.93. The van der Waals surface area contributed by atoms with Crippen molar-refractivity contribution in [1.82, 2.24) is 15.5 Å². The summed E-state index contributed by atoms with van der Waals surface area (Å²) >= 11 is 0. The molecular weight excluding hydrogens is 516 g/mol. The van der Waals surface area contributed by atoms with Gasteiger partial charge in [-0.3, -0.25) is 19.3 Å². The zero-order valence-corrected chi connectivity index (χ0v) is 23.2. The first kappa shape index (κ1) is 29.8. The first-order chi connectivity index (χ1) is 19.2. The molecule has 2 aromatic rings. The Kier molecular flexibility index (Phi) is 10.0. The highest BCUT2D eigenvalue weighted by Crippen LogP contribution is 2.39. The number of nitrogens with zero attached hydrogens (tertiary/aromatic N) is 1. The van der Waals surface area contributed by atoms with E-state index < -0.39 is 35.7 Å². The van der Waals surface area contributed by atoms with Crippen molar-refractivity contribution in [2.24, 2.45) is 11.8 Å². The Labute approximate surface area is 234 Å². The smallest absolute Gasteiger partial charge is 0.243 e. The van der Waals surface area contributed by atoms with Crippen LogP contribution in [0.15, 0.2) is 42.5 Å². The lowest BCUT2D eigenvalue weighted by atomic mass is 9.81. The van der Waals surface area contributed by atoms with E-state index in [1.807, 2.05) is 18.2 Å². The number of carbonyl (C=O) groups excluding carboxylic acids is 3. The number of imide groups is 1. The van der Waals surface area contributed by atoms with Gasteiger partial charge >= 0.3 is 0 Å². The van der Waals surface area contributed by atoms with E-state index in [4.69, 9.17) is 0 Å². The van der Waals surface area contributed by atoms with Crippen LogP contribution in [0.2, 0.25) is 0 Å². The summed E-state index contributed by atoms with van der Waals surface area (Å²) in [4.78, 5) is 40.9. The SMILES string of the molecule is CCc1cccc(CNC[C@H](O)[C@H](Cc2cc(F)cc(F)c2)NC(=O)C(CC)N2C(=O)C3CCCCC3C2=O)c1. The van der Waals surface area contributed by atoms with Crippen LogP contribution < -0.4 is 10.6 Å². The average molecular weight is 556 g/mol. The number of hydrogen-bond donors (Lipinski definition) is 3. The van der Waals surface area contributed by atoms with Gasteiger partial charge in [-0.1, -0.05) is 51.0 Å². The first-order valence-electron chi connectivity index (χ1n) is 14.3. The maximum Gasteiger partial charge on any atom is 0.243 e. The van der Waals surface area contributed by atoms with Crippen LogP contribution in [0.3, 0.4) is 0 Å². The van der Waals surface area contributed by atoms with Gasteiger partial charge in [-0.15, -0.1) is 0 Å². The van der Waals surface area contributed by atoms with Crippen LogP contribution in [0.1, 0.15) is 62.6 Å². The summed E-state index contributed by atoms with van der Waals surface area (Å²) in [6.45, 7) is 4.38. The van der Waals surface area contributed by atoms with Crippen LogP contribution >= 0.6 is 0 Å². The van der Waals surface area contributed by atoms with Crippen LogP contribution in [0.4, 0.5) is 8.78 Å². The molecule has 3 N–H and O–H groups in total. The number of hydrogen-bond acceptors (Lipinski definition) is 5. The lowest BCUT2D eigenvalue weighted by Gasteiger charge is -2.30. The van der Waals surface area contributed by atoms with Gasteiger partial charge in [0.15, 0.2) is 0 Å². The summed E-state index contributed by atoms with van der Waals surface area (Å²) in [5, 5.41) is 17.1. The number of aliphatic hydroxyl groups excluding tert-OH is 1. The summed E-state index contributed by atoms with van der Waals surface area (Å²) in [6, 6.07) is 9.19. The lowest BCUT2D eigenvalue weighted by molar-refractivity contribution is -0.148. The van der Waals surface area contributed by atoms with E-state index in [-0.39, 0.29) is 48.6 Å². The normalized spacial score (nSPS) is 21.2. The molecule has 0 radical (unpaired) electrons. The lowest BCUT2D eigenvalue weighted by Crippen LogP contribution is -2.56. The third-order valence-electron chi connectivity index (χ3n) is 8.13. The van der Waals surface area contributed by atoms with Gasteiger partial charge in [0.05, 0.1) is 24.0 Å². The molecule has 1 aliphatic carbocycles. The predicted molar refractivity (Wildman–Crippen MR) is 147 cm³/mol. The van der Waals surface area contributed by atoms with Crippen molar-refractivity contribution in [3.8, 4) is 0 Å². The maximum atomic E-state index is 13.9. The molecule has 40 heavy (non-hydrogen) atoms. The van der Waals surface area contributed by atoms with E-state index in [1.165, 1.54) is 5.56 Å². The number of fused-ring (bicyclic) bond motifs is 1. The fourth-order valence-corrected chi connectivity index (χ4v) is 5.99. The Morgan fingerprint density at radius 2 is 1.60 bits per heavy atom. The molecule has 3 amide bonds. The molecule has 5 atom stereocenters. The number of likely N-dealkylation sites (tertiary alicyclic amines) is 1. The van der Waals surface area contributed by atoms with Gasteiger partial charge in [0.2, 0.25) is 17.7 Å². The van der Waals surface area contributed by atoms with Gasteiger partial charge in [-0.25, -0.2) is 8.78 Å². The maximum absolute atomic E-state index is 13.9. The standard InChI is InChI=1S/C31H39F2N3O4/c1-3-19-8-7-9-20(12-19)17-34-18-28(37)26(15-21-13-22(32)16-23(33)14-21)35-29(38)27(4-2)36-30(39)24-10-5-6-11-25(24)31(36)40/h7-9,12-14,16,24-28,34,37H,3-6,10-11,15,17-18H2,1-2H3,(H,35,38)/t24?,25?,26-,27?,28-/m0/s1. The molecule has 216 valence electrons. The zero-order chi connectivity index (χ0) is 28.8. The highest BCUT2D eigenvalue weighted by atomic mass is 19.1. The van der Waals surface area contributed by atoms with E-state index in [0.29, 0.717) is 19.4 Å². The number of nitrogens with one attached hydrogen (secondary N) is 2. The molecule has 1 heterocycles. The van der Waals surface area contributed by atoms with Crippen molar-refractivity contribution in [1.29, 1.82) is 0 Å². The van der Waals surface area contributed by atoms with E-state index in [0.717, 1.165) is 47.9 Å². The minimum Gasteiger partial charge on any atom is -0.390 e. The molecule has 2 aliphatic rings. The van der Waals surface area contributed by atoms with Gasteiger partial charge < -0.3 is 15.7 Å². The Hall–Kier alpha value is -3.17. The van der Waals surface area contributed by atoms with Crippen molar-refractivity contribution in [3.63, 3.8) is 0 Å². The first-order valence-corrected chi connectivity index (χ1v) is 14.3. The van der Waals surface area contributed by atoms with E-state index >= 15 is 0 Å². The molecule has 0 spiro atoms. The highest BCUT2D eigenvalue weighted by molar-refractivity contribution is 6.08. The molecule has 7 nitrogen and oxygen atoms in total. The van der Waals surface area contributed by atoms with Crippen molar-refractivity contribution in [2.75, 3.05) is 6.54 Å². The van der Waals surface area contributed by atoms with Crippen molar-refractivity contribution in [2.45, 2.75) is 83.5 Å². The monoisotopic (exact) mass is 555 g/mol. The van der Waals surface area contributed by atoms with Gasteiger partial charge in [-0.2, -0.15) is 0 Å². The number of aryl methyl sites for hydroxylation is 1. The number of aliphatic hydroxyl groups is 1. The van der Waals surface area contributed by atoms with Crippen LogP contribution in [0.25, 0.3) is 0 Å². The molecule has 2 fully saturated rings. The molecule has 1 aliphatic heterocycles. The van der Waals surface area contributed by atoms with Gasteiger partial charge in [-0.05, 0) is 60.9 Å². The number of rotatable bonds is 12. The molecule has 9 heteroatoms. The second-order valence-corrected chi connectivity index (χ2v) is 10.9. The second-order valence-electron chi connectivity index (χ2n) is 10.9. The summed E-state index contributed by atoms with van der Waals surface area (Å²) in [6.07, 6.45) is 3.00. The largest absolute Gasteiger partial charge is 0.390 e. The Balaban J connectivity index is 1.48. The van der Waals surface area contributed by atoms with E-state index in [2.05, 4.69) is 23.6 Å². The topological polar surface area (TPSA) is 98.7 Å². The molecule has 2 aromatic carbocycles. The van der Waals surface area contributed by atoms with Crippen molar-refractivity contribution < 1.29 is 28.3 Å². The minimum atomic E-state index is -1.12. The third-order valence-corrected chi connectivity index (χ3v) is 8.13. The van der Waals surface area contributed by atoms with E-state index in [9.17, 15) is 28.3 Å². The van der Waals surface area contributed by atoms with Crippen LogP contribution in [-0.2, 0) is 33.8 Å². The molecule has 0 bridgehead atoms. The predicted octanol–water partition coefficient (Wildman–Crippen LogP) is 3.66. The second kappa shape index (κ2) is 13.5. The molecule has 3 unspecified atom stereocenters. The van der Waals surface area contributed by atoms with Crippen LogP contribution in [-0.4, -0.2) is 52.5 Å². The average Bonchev–Trinajstić information content (AvgIpc) is 3.18. The summed E-state index contributed by atoms with van der Waals surface area (Å²) in [5.41, 5.74) is 2.50. The number of benzene rings is 2. The van der Waals surface area contributed by atoms with Crippen molar-refractivity contribution in [3.05, 3.63) is 70.8 Å². The quantitative estimate of drug-likeness (QED) is 0.347. The Morgan fingerprint density at radius 3 is 2.20 bits per heavy atom. The molecule has 0 aromatic heterocycles. The van der Waals surface area contributed by atoms with Crippen molar-refractivity contribution >= 4 is 17.7 Å². The molecule has 1 saturated heterocycles. The fourth-order valence-electron chi connectivity index (χ4n) is 5.99. The molecule has 1 saturated carbocycles. The van der Waals surface area contributed by atoms with E-state index in [1.54, 1.807) is 6.92 Å². The van der Waals surface area contributed by atoms with Gasteiger partial charge in [0.25, 0.3) is 0 Å². The zero-order valence-electron chi connectivity index (χ0n) is 23.2. The summed E-state index contributed by atoms with van der Waals surface area (Å²) in [5.74, 6) is -3.46. The highest BCUT2D eigenvalue weighted by Gasteiger charge is 2.51. The fraction of sp³-hybridized carbons (Fsp3) is 0.516. The van der Waals surface area contributed by atoms with Crippen LogP contribution in [0, 0.1) is 23.5 Å². The van der Waals surface area contributed by atoms with Crippen LogP contribution in [0.5, 0.6) is 0 Å². The van der Waals surface area contributed by atoms with Gasteiger partial charge in [0, 0.05) is 19.2 Å². The number of carbonyl (C=O) groups is 3. The number of halogens is 2.